The van der Waals surface area contributed by atoms with Crippen LogP contribution in [0.3, 0.4) is 0 Å². The molecule has 0 rings (SSSR count). The van der Waals surface area contributed by atoms with E-state index in [1.807, 2.05) is 0 Å². The molecule has 1 unspecified atom stereocenters. The van der Waals surface area contributed by atoms with Gasteiger partial charge in [0.2, 0.25) is 0 Å². The highest BCUT2D eigenvalue weighted by molar-refractivity contribution is 4.77. The largest absolute Gasteiger partial charge is 0.316 e. The Bertz CT molecular complexity index is 182. The minimum atomic E-state index is 0.380. The minimum Gasteiger partial charge on any atom is -0.316 e. The van der Waals surface area contributed by atoms with Gasteiger partial charge in [0.15, 0.2) is 0 Å². The smallest absolute Gasteiger partial charge is 0.0112 e. The summed E-state index contributed by atoms with van der Waals surface area (Å²) in [6, 6.07) is 0.645. The molecule has 0 saturated carbocycles. The number of hydrogen-bond donors (Lipinski definition) is 1. The van der Waals surface area contributed by atoms with Crippen molar-refractivity contribution in [1.29, 1.82) is 0 Å². The summed E-state index contributed by atoms with van der Waals surface area (Å²) in [7, 11) is 2.25. The molecule has 0 aromatic heterocycles. The predicted molar refractivity (Wildman–Crippen MR) is 78.5 cm³/mol. The highest BCUT2D eigenvalue weighted by Crippen LogP contribution is 2.22. The summed E-state index contributed by atoms with van der Waals surface area (Å²) in [6.07, 6.45) is 2.58. The fourth-order valence-corrected chi connectivity index (χ4v) is 1.86. The molecule has 0 aliphatic rings. The van der Waals surface area contributed by atoms with Crippen LogP contribution < -0.4 is 5.32 Å². The van der Waals surface area contributed by atoms with Gasteiger partial charge in [0.05, 0.1) is 0 Å². The van der Waals surface area contributed by atoms with Crippen molar-refractivity contribution in [3.05, 3.63) is 0 Å². The van der Waals surface area contributed by atoms with Crippen molar-refractivity contribution in [2.24, 2.45) is 11.3 Å². The monoisotopic (exact) mass is 242 g/mol. The van der Waals surface area contributed by atoms with Gasteiger partial charge in [-0.05, 0) is 57.8 Å². The summed E-state index contributed by atoms with van der Waals surface area (Å²) >= 11 is 0. The van der Waals surface area contributed by atoms with Crippen molar-refractivity contribution in [3.8, 4) is 0 Å². The Morgan fingerprint density at radius 2 is 1.65 bits per heavy atom. The molecule has 0 spiro atoms. The molecule has 2 heteroatoms. The van der Waals surface area contributed by atoms with E-state index in [-0.39, 0.29) is 0 Å². The fourth-order valence-electron chi connectivity index (χ4n) is 1.86. The van der Waals surface area contributed by atoms with Gasteiger partial charge in [-0.3, -0.25) is 0 Å². The molecule has 104 valence electrons. The van der Waals surface area contributed by atoms with Crippen LogP contribution in [-0.4, -0.2) is 37.6 Å². The van der Waals surface area contributed by atoms with E-state index in [4.69, 9.17) is 0 Å². The molecule has 0 bridgehead atoms. The van der Waals surface area contributed by atoms with Crippen LogP contribution in [0.5, 0.6) is 0 Å². The van der Waals surface area contributed by atoms with E-state index in [1.165, 1.54) is 19.4 Å². The van der Waals surface area contributed by atoms with Gasteiger partial charge in [0.1, 0.15) is 0 Å². The highest BCUT2D eigenvalue weighted by atomic mass is 15.1. The highest BCUT2D eigenvalue weighted by Gasteiger charge is 2.23. The Labute approximate surface area is 109 Å². The van der Waals surface area contributed by atoms with Crippen LogP contribution in [0, 0.1) is 11.3 Å². The van der Waals surface area contributed by atoms with Crippen LogP contribution in [0.15, 0.2) is 0 Å². The molecule has 0 heterocycles. The second-order valence-electron chi connectivity index (χ2n) is 6.83. The number of nitrogens with one attached hydrogen (secondary N) is 1. The molecule has 0 aliphatic carbocycles. The van der Waals surface area contributed by atoms with Crippen molar-refractivity contribution >= 4 is 0 Å². The summed E-state index contributed by atoms with van der Waals surface area (Å²) in [5.41, 5.74) is 0.380. The third-order valence-electron chi connectivity index (χ3n) is 3.58. The first-order valence-electron chi connectivity index (χ1n) is 7.16. The maximum Gasteiger partial charge on any atom is 0.0112 e. The molecule has 0 aromatic rings. The lowest BCUT2D eigenvalue weighted by Gasteiger charge is -2.35. The zero-order chi connectivity index (χ0) is 13.5. The summed E-state index contributed by atoms with van der Waals surface area (Å²) in [5.74, 6) is 0.763. The Hall–Kier alpha value is -0.0800. The fraction of sp³-hybridized carbons (Fsp3) is 1.00. The molecule has 0 saturated heterocycles. The van der Waals surface area contributed by atoms with Gasteiger partial charge in [0.25, 0.3) is 0 Å². The molecule has 0 aliphatic heterocycles. The Balaban J connectivity index is 3.55. The number of nitrogens with zero attached hydrogens (tertiary/aromatic N) is 1. The van der Waals surface area contributed by atoms with Crippen LogP contribution in [0.1, 0.15) is 54.4 Å². The maximum atomic E-state index is 3.50. The lowest BCUT2D eigenvalue weighted by Crippen LogP contribution is -2.39. The Morgan fingerprint density at radius 3 is 2.12 bits per heavy atom. The summed E-state index contributed by atoms with van der Waals surface area (Å²) in [6.45, 7) is 17.3. The van der Waals surface area contributed by atoms with Gasteiger partial charge in [-0.1, -0.05) is 34.6 Å². The normalized spacial score (nSPS) is 14.6. The third-order valence-corrected chi connectivity index (χ3v) is 3.58. The standard InChI is InChI=1S/C15H34N2/c1-13(2)12-16-10-8-9-11-17(7)14(3)15(4,5)6/h13-14,16H,8-12H2,1-7H3. The second-order valence-corrected chi connectivity index (χ2v) is 6.83. The number of rotatable bonds is 8. The molecular weight excluding hydrogens is 208 g/mol. The van der Waals surface area contributed by atoms with E-state index >= 15 is 0 Å². The van der Waals surface area contributed by atoms with E-state index in [2.05, 4.69) is 58.8 Å². The molecule has 2 nitrogen and oxygen atoms in total. The topological polar surface area (TPSA) is 15.3 Å². The molecule has 1 atom stereocenters. The van der Waals surface area contributed by atoms with Crippen LogP contribution in [-0.2, 0) is 0 Å². The molecule has 17 heavy (non-hydrogen) atoms. The molecule has 0 amide bonds. The summed E-state index contributed by atoms with van der Waals surface area (Å²) < 4.78 is 0. The lowest BCUT2D eigenvalue weighted by molar-refractivity contribution is 0.139. The molecule has 0 fully saturated rings. The zero-order valence-corrected chi connectivity index (χ0v) is 13.1. The third kappa shape index (κ3) is 8.62. The maximum absolute atomic E-state index is 3.50. The van der Waals surface area contributed by atoms with Crippen LogP contribution >= 0.6 is 0 Å². The van der Waals surface area contributed by atoms with Crippen molar-refractivity contribution in [2.75, 3.05) is 26.7 Å². The van der Waals surface area contributed by atoms with Crippen molar-refractivity contribution in [3.63, 3.8) is 0 Å². The molecule has 1 N–H and O–H groups in total. The van der Waals surface area contributed by atoms with Crippen LogP contribution in [0.25, 0.3) is 0 Å². The first kappa shape index (κ1) is 16.9. The molecular formula is C15H34N2. The number of unbranched alkanes of at least 4 members (excludes halogenated alkanes) is 1. The SMILES string of the molecule is CC(C)CNCCCCN(C)C(C)C(C)(C)C. The van der Waals surface area contributed by atoms with Gasteiger partial charge < -0.3 is 10.2 Å². The van der Waals surface area contributed by atoms with Crippen molar-refractivity contribution in [2.45, 2.75) is 60.4 Å². The van der Waals surface area contributed by atoms with Gasteiger partial charge in [-0.25, -0.2) is 0 Å². The van der Waals surface area contributed by atoms with Gasteiger partial charge >= 0.3 is 0 Å². The quantitative estimate of drug-likeness (QED) is 0.657. The Morgan fingerprint density at radius 1 is 1.06 bits per heavy atom. The predicted octanol–water partition coefficient (Wildman–Crippen LogP) is 3.38. The van der Waals surface area contributed by atoms with Gasteiger partial charge in [-0.15, -0.1) is 0 Å². The molecule has 0 aromatic carbocycles. The zero-order valence-electron chi connectivity index (χ0n) is 13.1. The second kappa shape index (κ2) is 8.10. The average molecular weight is 242 g/mol. The summed E-state index contributed by atoms with van der Waals surface area (Å²) in [5, 5.41) is 3.50. The first-order chi connectivity index (χ1) is 7.75. The van der Waals surface area contributed by atoms with E-state index in [0.29, 0.717) is 11.5 Å². The van der Waals surface area contributed by atoms with Gasteiger partial charge in [0, 0.05) is 6.04 Å². The Kier molecular flexibility index (Phi) is 8.06. The lowest BCUT2D eigenvalue weighted by atomic mass is 9.87. The van der Waals surface area contributed by atoms with Gasteiger partial charge in [-0.2, -0.15) is 0 Å². The average Bonchev–Trinajstić information content (AvgIpc) is 2.19. The minimum absolute atomic E-state index is 0.380. The molecule has 0 radical (unpaired) electrons. The van der Waals surface area contributed by atoms with Crippen molar-refractivity contribution < 1.29 is 0 Å². The number of hydrogen-bond acceptors (Lipinski definition) is 2. The van der Waals surface area contributed by atoms with E-state index in [1.54, 1.807) is 0 Å². The van der Waals surface area contributed by atoms with Crippen LogP contribution in [0.2, 0.25) is 0 Å². The first-order valence-corrected chi connectivity index (χ1v) is 7.16. The van der Waals surface area contributed by atoms with E-state index in [9.17, 15) is 0 Å². The van der Waals surface area contributed by atoms with Crippen LogP contribution in [0.4, 0.5) is 0 Å². The van der Waals surface area contributed by atoms with E-state index < -0.39 is 0 Å². The van der Waals surface area contributed by atoms with Crippen molar-refractivity contribution in [1.82, 2.24) is 10.2 Å². The summed E-state index contributed by atoms with van der Waals surface area (Å²) in [4.78, 5) is 2.49. The van der Waals surface area contributed by atoms with E-state index in [0.717, 1.165) is 19.0 Å².